The van der Waals surface area contributed by atoms with Gasteiger partial charge < -0.3 is 16.6 Å². The molecule has 9 nitrogen and oxygen atoms in total. The summed E-state index contributed by atoms with van der Waals surface area (Å²) in [6.45, 7) is 0. The monoisotopic (exact) mass is 304 g/mol. The van der Waals surface area contributed by atoms with Crippen LogP contribution in [0.1, 0.15) is 10.5 Å². The van der Waals surface area contributed by atoms with Crippen molar-refractivity contribution in [1.82, 2.24) is 15.3 Å². The fourth-order valence-electron chi connectivity index (χ4n) is 0.976. The van der Waals surface area contributed by atoms with Gasteiger partial charge in [0.05, 0.1) is 0 Å². The number of aliphatic imine (C=N–C) groups is 1. The molecular formula is C8H9ClN6O3S. The molecule has 0 bridgehead atoms. The first-order valence-corrected chi connectivity index (χ1v) is 6.20. The quantitative estimate of drug-likeness (QED) is 0.429. The molecule has 0 saturated heterocycles. The second-order valence-electron chi connectivity index (χ2n) is 2.99. The Hall–Kier alpha value is -2.07. The Labute approximate surface area is 116 Å². The largest absolute Gasteiger partial charge is 0.463 e. The molecule has 0 unspecified atom stereocenters. The standard InChI is InChI=1S/C8H9ClN6O3S/c1-19-7(15-8(17)18)14-6(16)2-4(10)13-5(11)3(9)12-2/h1H3,(H,17,18)(H4,10,11,13)(H,14,15,16). The van der Waals surface area contributed by atoms with Crippen molar-refractivity contribution in [1.29, 1.82) is 0 Å². The highest BCUT2D eigenvalue weighted by Crippen LogP contribution is 2.17. The van der Waals surface area contributed by atoms with Gasteiger partial charge in [0.1, 0.15) is 0 Å². The number of amidine groups is 1. The number of nitrogens with zero attached hydrogens (tertiary/aromatic N) is 3. The Morgan fingerprint density at radius 1 is 1.37 bits per heavy atom. The van der Waals surface area contributed by atoms with Gasteiger partial charge in [-0.3, -0.25) is 10.1 Å². The lowest BCUT2D eigenvalue weighted by molar-refractivity contribution is 0.0974. The SMILES string of the molecule is CS/C(=N\C(=O)O)NC(=O)c1nc(Cl)c(N)nc1N. The summed E-state index contributed by atoms with van der Waals surface area (Å²) in [5.41, 5.74) is 10.6. The van der Waals surface area contributed by atoms with Crippen LogP contribution in [0.3, 0.4) is 0 Å². The number of halogens is 1. The van der Waals surface area contributed by atoms with Crippen LogP contribution < -0.4 is 16.8 Å². The van der Waals surface area contributed by atoms with E-state index in [1.807, 2.05) is 0 Å². The molecule has 0 aliphatic rings. The van der Waals surface area contributed by atoms with Crippen LogP contribution in [0.25, 0.3) is 0 Å². The molecule has 0 radical (unpaired) electrons. The lowest BCUT2D eigenvalue weighted by Crippen LogP contribution is -2.30. The Morgan fingerprint density at radius 3 is 2.53 bits per heavy atom. The number of rotatable bonds is 1. The van der Waals surface area contributed by atoms with E-state index in [0.717, 1.165) is 11.8 Å². The zero-order valence-corrected chi connectivity index (χ0v) is 11.1. The second kappa shape index (κ2) is 6.20. The van der Waals surface area contributed by atoms with Crippen molar-refractivity contribution in [3.05, 3.63) is 10.8 Å². The number of carboxylic acid groups (broad SMARTS) is 1. The number of nitrogens with one attached hydrogen (secondary N) is 1. The number of nitrogens with two attached hydrogens (primary N) is 2. The smallest absolute Gasteiger partial charge is 0.433 e. The van der Waals surface area contributed by atoms with Crippen LogP contribution in [0.4, 0.5) is 16.4 Å². The molecule has 0 aliphatic carbocycles. The van der Waals surface area contributed by atoms with Crippen molar-refractivity contribution in [3.63, 3.8) is 0 Å². The van der Waals surface area contributed by atoms with Crippen molar-refractivity contribution in [3.8, 4) is 0 Å². The number of carbonyl (C=O) groups excluding carboxylic acids is 1. The average Bonchev–Trinajstić information content (AvgIpc) is 2.32. The van der Waals surface area contributed by atoms with Gasteiger partial charge in [0.2, 0.25) is 0 Å². The van der Waals surface area contributed by atoms with Crippen LogP contribution in [0.15, 0.2) is 4.99 Å². The molecule has 102 valence electrons. The van der Waals surface area contributed by atoms with E-state index < -0.39 is 12.0 Å². The van der Waals surface area contributed by atoms with Gasteiger partial charge in [0, 0.05) is 0 Å². The van der Waals surface area contributed by atoms with E-state index in [2.05, 4.69) is 20.3 Å². The molecule has 0 atom stereocenters. The minimum atomic E-state index is -1.45. The molecule has 0 aromatic carbocycles. The molecule has 0 spiro atoms. The lowest BCUT2D eigenvalue weighted by Gasteiger charge is -2.07. The number of thioether (sulfide) groups is 1. The first-order chi connectivity index (χ1) is 8.85. The summed E-state index contributed by atoms with van der Waals surface area (Å²) in [4.78, 5) is 32.7. The van der Waals surface area contributed by atoms with E-state index >= 15 is 0 Å². The van der Waals surface area contributed by atoms with E-state index in [9.17, 15) is 9.59 Å². The maximum absolute atomic E-state index is 11.8. The zero-order chi connectivity index (χ0) is 14.6. The Balaban J connectivity index is 3.01. The third kappa shape index (κ3) is 3.96. The summed E-state index contributed by atoms with van der Waals surface area (Å²) in [7, 11) is 0. The maximum atomic E-state index is 11.8. The third-order valence-corrected chi connectivity index (χ3v) is 2.59. The molecule has 1 aromatic heterocycles. The molecule has 11 heteroatoms. The number of carbonyl (C=O) groups is 2. The Morgan fingerprint density at radius 2 is 2.00 bits per heavy atom. The average molecular weight is 305 g/mol. The predicted molar refractivity (Wildman–Crippen MR) is 72.3 cm³/mol. The van der Waals surface area contributed by atoms with Crippen molar-refractivity contribution >= 4 is 52.2 Å². The summed E-state index contributed by atoms with van der Waals surface area (Å²) in [5.74, 6) is -1.13. The van der Waals surface area contributed by atoms with Gasteiger partial charge in [-0.05, 0) is 6.26 Å². The predicted octanol–water partition coefficient (Wildman–Crippen LogP) is 0.421. The summed E-state index contributed by atoms with van der Waals surface area (Å²) in [6, 6.07) is 0. The van der Waals surface area contributed by atoms with Crippen molar-refractivity contribution in [2.75, 3.05) is 17.7 Å². The minimum Gasteiger partial charge on any atom is -0.463 e. The highest BCUT2D eigenvalue weighted by Gasteiger charge is 2.17. The summed E-state index contributed by atoms with van der Waals surface area (Å²) < 4.78 is 0. The Kier molecular flexibility index (Phi) is 4.89. The third-order valence-electron chi connectivity index (χ3n) is 1.73. The fourth-order valence-corrected chi connectivity index (χ4v) is 1.47. The topological polar surface area (TPSA) is 157 Å². The number of hydrogen-bond donors (Lipinski definition) is 4. The number of amides is 2. The minimum absolute atomic E-state index is 0.111. The summed E-state index contributed by atoms with van der Waals surface area (Å²) >= 11 is 6.55. The first-order valence-electron chi connectivity index (χ1n) is 4.60. The van der Waals surface area contributed by atoms with Gasteiger partial charge in [-0.15, -0.1) is 0 Å². The second-order valence-corrected chi connectivity index (χ2v) is 4.14. The molecule has 1 aromatic rings. The molecule has 2 amide bonds. The van der Waals surface area contributed by atoms with E-state index in [1.54, 1.807) is 0 Å². The normalized spacial score (nSPS) is 11.2. The van der Waals surface area contributed by atoms with Crippen LogP contribution in [-0.4, -0.2) is 38.5 Å². The van der Waals surface area contributed by atoms with Crippen molar-refractivity contribution in [2.45, 2.75) is 0 Å². The molecule has 0 saturated carbocycles. The number of anilines is 2. The van der Waals surface area contributed by atoms with Gasteiger partial charge in [-0.25, -0.2) is 14.8 Å². The molecule has 6 N–H and O–H groups in total. The van der Waals surface area contributed by atoms with Crippen molar-refractivity contribution in [2.24, 2.45) is 4.99 Å². The highest BCUT2D eigenvalue weighted by molar-refractivity contribution is 8.13. The molecule has 1 rings (SSSR count). The van der Waals surface area contributed by atoms with E-state index in [0.29, 0.717) is 0 Å². The highest BCUT2D eigenvalue weighted by atomic mass is 35.5. The van der Waals surface area contributed by atoms with Crippen LogP contribution in [0, 0.1) is 0 Å². The van der Waals surface area contributed by atoms with Gasteiger partial charge >= 0.3 is 6.09 Å². The first kappa shape index (κ1) is 15.0. The molecule has 1 heterocycles. The molecule has 0 fully saturated rings. The van der Waals surface area contributed by atoms with Gasteiger partial charge in [-0.1, -0.05) is 23.4 Å². The summed E-state index contributed by atoms with van der Waals surface area (Å²) in [6.07, 6.45) is 0.0894. The maximum Gasteiger partial charge on any atom is 0.433 e. The molecule has 0 aliphatic heterocycles. The van der Waals surface area contributed by atoms with Crippen molar-refractivity contribution < 1.29 is 14.7 Å². The fraction of sp³-hybridized carbons (Fsp3) is 0.125. The van der Waals surface area contributed by atoms with Crippen LogP contribution >= 0.6 is 23.4 Å². The van der Waals surface area contributed by atoms with Crippen LogP contribution in [-0.2, 0) is 0 Å². The molecular weight excluding hydrogens is 296 g/mol. The number of hydrogen-bond acceptors (Lipinski definition) is 7. The van der Waals surface area contributed by atoms with E-state index in [4.69, 9.17) is 28.2 Å². The van der Waals surface area contributed by atoms with Gasteiger partial charge in [0.25, 0.3) is 5.91 Å². The Bertz CT molecular complexity index is 564. The van der Waals surface area contributed by atoms with E-state index in [-0.39, 0.29) is 27.7 Å². The van der Waals surface area contributed by atoms with Crippen LogP contribution in [0.2, 0.25) is 5.15 Å². The van der Waals surface area contributed by atoms with Gasteiger partial charge in [-0.2, -0.15) is 4.99 Å². The van der Waals surface area contributed by atoms with Crippen LogP contribution in [0.5, 0.6) is 0 Å². The van der Waals surface area contributed by atoms with Gasteiger partial charge in [0.15, 0.2) is 27.7 Å². The van der Waals surface area contributed by atoms with E-state index in [1.165, 1.54) is 6.26 Å². The zero-order valence-electron chi connectivity index (χ0n) is 9.55. The molecule has 19 heavy (non-hydrogen) atoms. The number of aromatic nitrogens is 2. The number of nitrogen functional groups attached to an aromatic ring is 2. The summed E-state index contributed by atoms with van der Waals surface area (Å²) in [5, 5.41) is 10.4. The lowest BCUT2D eigenvalue weighted by atomic mass is 10.4.